The molecule has 3 aromatic rings. The van der Waals surface area contributed by atoms with Gasteiger partial charge in [0.2, 0.25) is 17.8 Å². The van der Waals surface area contributed by atoms with Crippen molar-refractivity contribution < 1.29 is 13.5 Å². The Morgan fingerprint density at radius 1 is 0.750 bits per heavy atom. The number of phenolic OH excluding ortho intramolecular Hbond substituents is 1. The van der Waals surface area contributed by atoms with E-state index in [1.807, 2.05) is 9.80 Å². The van der Waals surface area contributed by atoms with Gasteiger partial charge in [-0.2, -0.15) is 15.0 Å². The summed E-state index contributed by atoms with van der Waals surface area (Å²) in [6.07, 6.45) is 1.37. The van der Waals surface area contributed by atoms with Crippen LogP contribution >= 0.6 is 0 Å². The Hall–Kier alpha value is -3.76. The first-order chi connectivity index (χ1) is 19.1. The van der Waals surface area contributed by atoms with Crippen molar-refractivity contribution in [1.82, 2.24) is 15.0 Å². The summed E-state index contributed by atoms with van der Waals surface area (Å²) in [7, 11) is -4.00. The molecule has 0 saturated carbocycles. The molecule has 214 valence electrons. The summed E-state index contributed by atoms with van der Waals surface area (Å²) in [6.45, 7) is 2.02. The predicted octanol–water partition coefficient (Wildman–Crippen LogP) is -0.149. The van der Waals surface area contributed by atoms with Crippen LogP contribution in [0.4, 0.5) is 29.2 Å². The van der Waals surface area contributed by atoms with Crippen LogP contribution in [0.15, 0.2) is 53.4 Å². The lowest BCUT2D eigenvalue weighted by Gasteiger charge is -2.37. The highest BCUT2D eigenvalue weighted by Gasteiger charge is 2.29. The van der Waals surface area contributed by atoms with Crippen LogP contribution in [-0.2, 0) is 10.0 Å². The molecule has 2 aliphatic heterocycles. The van der Waals surface area contributed by atoms with Gasteiger partial charge in [-0.15, -0.1) is 0 Å². The lowest BCUT2D eigenvalue weighted by Crippen LogP contribution is -2.54. The largest absolute Gasteiger partial charge is 0.506 e. The number of rotatable bonds is 7. The van der Waals surface area contributed by atoms with E-state index in [2.05, 4.69) is 20.0 Å². The van der Waals surface area contributed by atoms with Crippen molar-refractivity contribution in [2.75, 3.05) is 46.0 Å². The van der Waals surface area contributed by atoms with Gasteiger partial charge in [0, 0.05) is 50.3 Å². The Kier molecular flexibility index (Phi) is 7.91. The van der Waals surface area contributed by atoms with Crippen LogP contribution in [-0.4, -0.2) is 78.8 Å². The van der Waals surface area contributed by atoms with Crippen molar-refractivity contribution in [3.8, 4) is 5.75 Å². The Bertz CT molecular complexity index is 1380. The number of sulfonamides is 1. The number of aromatic hydroxyl groups is 1. The minimum Gasteiger partial charge on any atom is -0.506 e. The highest BCUT2D eigenvalue weighted by Crippen LogP contribution is 2.35. The van der Waals surface area contributed by atoms with Gasteiger partial charge < -0.3 is 43.2 Å². The van der Waals surface area contributed by atoms with Crippen molar-refractivity contribution >= 4 is 39.2 Å². The van der Waals surface area contributed by atoms with E-state index in [1.165, 1.54) is 18.2 Å². The summed E-state index contributed by atoms with van der Waals surface area (Å²) in [5.41, 5.74) is 25.1. The van der Waals surface area contributed by atoms with Crippen LogP contribution in [0.5, 0.6) is 5.75 Å². The highest BCUT2D eigenvalue weighted by atomic mass is 32.2. The maximum absolute atomic E-state index is 13.1. The molecule has 1 aromatic heterocycles. The van der Waals surface area contributed by atoms with Crippen LogP contribution in [0.1, 0.15) is 12.8 Å². The van der Waals surface area contributed by atoms with Crippen molar-refractivity contribution in [2.45, 2.75) is 41.9 Å². The van der Waals surface area contributed by atoms with Gasteiger partial charge in [-0.1, -0.05) is 24.3 Å². The molecule has 2 fully saturated rings. The zero-order valence-corrected chi connectivity index (χ0v) is 22.7. The normalized spacial score (nSPS) is 23.6. The van der Waals surface area contributed by atoms with E-state index in [-0.39, 0.29) is 52.1 Å². The molecular formula is C25H35N11O3S. The zero-order chi connectivity index (χ0) is 28.4. The van der Waals surface area contributed by atoms with E-state index < -0.39 is 10.0 Å². The first kappa shape index (κ1) is 27.8. The van der Waals surface area contributed by atoms with Gasteiger partial charge in [0.05, 0.1) is 10.6 Å². The van der Waals surface area contributed by atoms with Crippen molar-refractivity contribution in [2.24, 2.45) is 22.9 Å². The number of piperidine rings is 2. The molecule has 3 heterocycles. The number of para-hydroxylation sites is 1. The van der Waals surface area contributed by atoms with E-state index >= 15 is 0 Å². The van der Waals surface area contributed by atoms with Gasteiger partial charge in [0.1, 0.15) is 11.4 Å². The molecule has 11 N–H and O–H groups in total. The fraction of sp³-hybridized carbons (Fsp3) is 0.400. The molecule has 0 amide bonds. The minimum absolute atomic E-state index is 0.0458. The molecule has 4 atom stereocenters. The van der Waals surface area contributed by atoms with Crippen molar-refractivity contribution in [3.63, 3.8) is 0 Å². The average Bonchev–Trinajstić information content (AvgIpc) is 2.90. The topological polar surface area (TPSA) is 228 Å². The standard InChI is InChI=1S/C25H35N11O3S/c26-15-9-16(27)12-35(11-15)24-31-23(32-25(33-24)36-13-17(28)10-18(29)14-36)30-20-7-4-8-21(37)22(20)34-40(38,39)19-5-2-1-3-6-19/h1-8,15-18,34,37H,9-14,26-29H2,(H,30,31,32,33)/t15-,16+,17-,18+. The van der Waals surface area contributed by atoms with Crippen molar-refractivity contribution in [3.05, 3.63) is 48.5 Å². The molecule has 5 rings (SSSR count). The van der Waals surface area contributed by atoms with Gasteiger partial charge >= 0.3 is 0 Å². The van der Waals surface area contributed by atoms with E-state index in [1.54, 1.807) is 30.3 Å². The van der Waals surface area contributed by atoms with Crippen LogP contribution in [0.3, 0.4) is 0 Å². The molecule has 2 saturated heterocycles. The number of nitrogens with zero attached hydrogens (tertiary/aromatic N) is 5. The van der Waals surface area contributed by atoms with Gasteiger partial charge in [0.15, 0.2) is 0 Å². The maximum Gasteiger partial charge on any atom is 0.262 e. The summed E-state index contributed by atoms with van der Waals surface area (Å²) < 4.78 is 28.6. The van der Waals surface area contributed by atoms with E-state index in [9.17, 15) is 13.5 Å². The predicted molar refractivity (Wildman–Crippen MR) is 154 cm³/mol. The van der Waals surface area contributed by atoms with Crippen molar-refractivity contribution in [1.29, 1.82) is 0 Å². The molecule has 0 aliphatic carbocycles. The molecule has 15 heteroatoms. The van der Waals surface area contributed by atoms with Gasteiger partial charge in [-0.05, 0) is 37.1 Å². The smallest absolute Gasteiger partial charge is 0.262 e. The van der Waals surface area contributed by atoms with Crippen LogP contribution in [0, 0.1) is 0 Å². The fourth-order valence-electron chi connectivity index (χ4n) is 5.04. The average molecular weight is 570 g/mol. The van der Waals surface area contributed by atoms with E-state index in [0.717, 1.165) is 0 Å². The lowest BCUT2D eigenvalue weighted by atomic mass is 10.0. The second-order valence-electron chi connectivity index (χ2n) is 10.3. The molecule has 14 nitrogen and oxygen atoms in total. The summed E-state index contributed by atoms with van der Waals surface area (Å²) >= 11 is 0. The highest BCUT2D eigenvalue weighted by molar-refractivity contribution is 7.92. The summed E-state index contributed by atoms with van der Waals surface area (Å²) in [5, 5.41) is 13.7. The van der Waals surface area contributed by atoms with Gasteiger partial charge in [0.25, 0.3) is 10.0 Å². The summed E-state index contributed by atoms with van der Waals surface area (Å²) in [4.78, 5) is 17.8. The van der Waals surface area contributed by atoms with Crippen LogP contribution in [0.2, 0.25) is 0 Å². The van der Waals surface area contributed by atoms with Gasteiger partial charge in [-0.3, -0.25) is 4.72 Å². The number of anilines is 5. The Morgan fingerprint density at radius 2 is 1.27 bits per heavy atom. The molecule has 2 aromatic carbocycles. The SMILES string of the molecule is N[C@@H]1C[C@H](N)CN(c2nc(Nc3cccc(O)c3NS(=O)(=O)c3ccccc3)nc(N3C[C@H](N)C[C@H](N)C3)n2)C1. The number of hydrogen-bond acceptors (Lipinski definition) is 13. The lowest BCUT2D eigenvalue weighted by molar-refractivity contribution is 0.441. The molecule has 0 bridgehead atoms. The maximum atomic E-state index is 13.1. The van der Waals surface area contributed by atoms with E-state index in [4.69, 9.17) is 27.9 Å². The Labute approximate surface area is 232 Å². The zero-order valence-electron chi connectivity index (χ0n) is 21.9. The molecule has 0 unspecified atom stereocenters. The third-order valence-electron chi connectivity index (χ3n) is 6.79. The molecule has 40 heavy (non-hydrogen) atoms. The van der Waals surface area contributed by atoms with Crippen LogP contribution in [0.25, 0.3) is 0 Å². The molecule has 0 radical (unpaired) electrons. The molecule has 2 aliphatic rings. The second kappa shape index (κ2) is 11.4. The first-order valence-corrected chi connectivity index (χ1v) is 14.5. The number of benzene rings is 2. The summed E-state index contributed by atoms with van der Waals surface area (Å²) in [5.74, 6) is 0.570. The van der Waals surface area contributed by atoms with Gasteiger partial charge in [-0.25, -0.2) is 8.42 Å². The quantitative estimate of drug-likeness (QED) is 0.184. The molecular weight excluding hydrogens is 534 g/mol. The van der Waals surface area contributed by atoms with Crippen LogP contribution < -0.4 is 42.8 Å². The number of phenols is 1. The monoisotopic (exact) mass is 569 g/mol. The number of nitrogens with one attached hydrogen (secondary N) is 2. The Balaban J connectivity index is 1.51. The number of hydrogen-bond donors (Lipinski definition) is 7. The van der Waals surface area contributed by atoms with E-state index in [0.29, 0.717) is 50.9 Å². The third kappa shape index (κ3) is 6.34. The number of aromatic nitrogens is 3. The molecule has 0 spiro atoms. The summed E-state index contributed by atoms with van der Waals surface area (Å²) in [6, 6.07) is 11.8. The fourth-order valence-corrected chi connectivity index (χ4v) is 6.16. The number of nitrogens with two attached hydrogens (primary N) is 4. The first-order valence-electron chi connectivity index (χ1n) is 13.0. The third-order valence-corrected chi connectivity index (χ3v) is 8.15. The Morgan fingerprint density at radius 3 is 1.80 bits per heavy atom. The second-order valence-corrected chi connectivity index (χ2v) is 12.0. The minimum atomic E-state index is -4.00.